The molecular weight excluding hydrogens is 444 g/mol. The average Bonchev–Trinajstić information content (AvgIpc) is 3.28. The number of nitrogens with one attached hydrogen (secondary N) is 1. The predicted octanol–water partition coefficient (Wildman–Crippen LogP) is 3.09. The average molecular weight is 471 g/mol. The van der Waals surface area contributed by atoms with E-state index in [1.54, 1.807) is 45.2 Å². The smallest absolute Gasteiger partial charge is 0.338 e. The molecular formula is C24H26N2O6S. The largest absolute Gasteiger partial charge is 0.465 e. The van der Waals surface area contributed by atoms with Gasteiger partial charge in [0.1, 0.15) is 12.1 Å². The normalized spacial score (nSPS) is 11.6. The molecule has 0 radical (unpaired) electrons. The van der Waals surface area contributed by atoms with E-state index in [2.05, 4.69) is 5.32 Å². The van der Waals surface area contributed by atoms with Crippen molar-refractivity contribution in [1.82, 2.24) is 5.32 Å². The van der Waals surface area contributed by atoms with Gasteiger partial charge in [-0.2, -0.15) is 0 Å². The van der Waals surface area contributed by atoms with Gasteiger partial charge in [0.2, 0.25) is 5.91 Å². The number of amides is 2. The SMILES string of the molecule is C#CC(=O)N(c1ccc(C(=O)OC(C)(C)C)cc1)C(C(=O)NCC(=O)OCC)c1cccs1. The highest BCUT2D eigenvalue weighted by molar-refractivity contribution is 7.10. The number of hydrogen-bond acceptors (Lipinski definition) is 7. The standard InChI is InChI=1S/C24H26N2O6S/c1-6-19(27)26(17-12-10-16(11-13-17)23(30)32-24(3,4)5)21(18-9-8-14-33-18)22(29)25-15-20(28)31-7-2/h1,8-14,21H,7,15H2,2-5H3,(H,25,29). The molecule has 0 saturated carbocycles. The maximum Gasteiger partial charge on any atom is 0.338 e. The van der Waals surface area contributed by atoms with Crippen molar-refractivity contribution in [1.29, 1.82) is 0 Å². The summed E-state index contributed by atoms with van der Waals surface area (Å²) in [5.74, 6) is -0.450. The van der Waals surface area contributed by atoms with Gasteiger partial charge in [-0.1, -0.05) is 6.07 Å². The maximum atomic E-state index is 13.1. The number of carbonyl (C=O) groups is 4. The minimum absolute atomic E-state index is 0.175. The summed E-state index contributed by atoms with van der Waals surface area (Å²) < 4.78 is 10.2. The van der Waals surface area contributed by atoms with Crippen molar-refractivity contribution in [3.63, 3.8) is 0 Å². The molecule has 0 aliphatic rings. The zero-order valence-corrected chi connectivity index (χ0v) is 19.7. The van der Waals surface area contributed by atoms with Gasteiger partial charge >= 0.3 is 17.8 Å². The summed E-state index contributed by atoms with van der Waals surface area (Å²) in [6.45, 7) is 6.74. The van der Waals surface area contributed by atoms with Crippen LogP contribution in [0.4, 0.5) is 5.69 Å². The van der Waals surface area contributed by atoms with E-state index in [1.165, 1.54) is 35.6 Å². The van der Waals surface area contributed by atoms with Gasteiger partial charge in [0.25, 0.3) is 0 Å². The van der Waals surface area contributed by atoms with Gasteiger partial charge < -0.3 is 14.8 Å². The molecule has 0 aliphatic carbocycles. The van der Waals surface area contributed by atoms with E-state index >= 15 is 0 Å². The van der Waals surface area contributed by atoms with Crippen LogP contribution in [0.2, 0.25) is 0 Å². The topological polar surface area (TPSA) is 102 Å². The molecule has 2 aromatic rings. The van der Waals surface area contributed by atoms with Crippen LogP contribution >= 0.6 is 11.3 Å². The summed E-state index contributed by atoms with van der Waals surface area (Å²) in [7, 11) is 0. The van der Waals surface area contributed by atoms with Gasteiger partial charge in [0.05, 0.1) is 12.2 Å². The van der Waals surface area contributed by atoms with Crippen molar-refractivity contribution in [2.24, 2.45) is 0 Å². The molecule has 1 aromatic heterocycles. The molecule has 1 unspecified atom stereocenters. The number of nitrogens with zero attached hydrogens (tertiary/aromatic N) is 1. The first-order valence-corrected chi connectivity index (χ1v) is 11.0. The Morgan fingerprint density at radius 2 is 1.82 bits per heavy atom. The zero-order valence-electron chi connectivity index (χ0n) is 18.9. The van der Waals surface area contributed by atoms with Gasteiger partial charge in [0, 0.05) is 10.6 Å². The van der Waals surface area contributed by atoms with Crippen LogP contribution in [0.25, 0.3) is 0 Å². The zero-order chi connectivity index (χ0) is 24.6. The molecule has 8 nitrogen and oxygen atoms in total. The Morgan fingerprint density at radius 3 is 2.33 bits per heavy atom. The van der Waals surface area contributed by atoms with E-state index in [0.717, 1.165) is 4.90 Å². The molecule has 0 spiro atoms. The Morgan fingerprint density at radius 1 is 1.15 bits per heavy atom. The number of carbonyl (C=O) groups excluding carboxylic acids is 4. The second-order valence-electron chi connectivity index (χ2n) is 7.81. The van der Waals surface area contributed by atoms with Crippen molar-refractivity contribution >= 4 is 40.8 Å². The molecule has 0 saturated heterocycles. The third-order valence-electron chi connectivity index (χ3n) is 4.15. The molecule has 1 aromatic carbocycles. The number of benzene rings is 1. The molecule has 174 valence electrons. The third-order valence-corrected chi connectivity index (χ3v) is 5.08. The van der Waals surface area contributed by atoms with Crippen LogP contribution in [0.1, 0.15) is 49.0 Å². The molecule has 0 bridgehead atoms. The highest BCUT2D eigenvalue weighted by Gasteiger charge is 2.33. The van der Waals surface area contributed by atoms with Crippen molar-refractivity contribution in [3.05, 3.63) is 52.2 Å². The lowest BCUT2D eigenvalue weighted by molar-refractivity contribution is -0.143. The number of thiophene rings is 1. The van der Waals surface area contributed by atoms with Crippen molar-refractivity contribution in [2.75, 3.05) is 18.1 Å². The summed E-state index contributed by atoms with van der Waals surface area (Å²) >= 11 is 1.26. The maximum absolute atomic E-state index is 13.1. The number of hydrogen-bond donors (Lipinski definition) is 1. The first kappa shape index (κ1) is 25.6. The highest BCUT2D eigenvalue weighted by Crippen LogP contribution is 2.31. The number of terminal acetylenes is 1. The minimum atomic E-state index is -1.13. The Hall–Kier alpha value is -3.64. The molecule has 1 heterocycles. The van der Waals surface area contributed by atoms with Gasteiger partial charge in [-0.25, -0.2) is 4.79 Å². The molecule has 9 heteroatoms. The fraction of sp³-hybridized carbons (Fsp3) is 0.333. The van der Waals surface area contributed by atoms with Crippen LogP contribution in [-0.4, -0.2) is 42.5 Å². The highest BCUT2D eigenvalue weighted by atomic mass is 32.1. The number of anilines is 1. The Labute approximate surface area is 196 Å². The lowest BCUT2D eigenvalue weighted by atomic mass is 10.1. The molecule has 0 aliphatic heterocycles. The second-order valence-corrected chi connectivity index (χ2v) is 8.79. The van der Waals surface area contributed by atoms with Gasteiger partial charge in [-0.15, -0.1) is 17.8 Å². The van der Waals surface area contributed by atoms with Crippen molar-refractivity contribution in [2.45, 2.75) is 39.3 Å². The summed E-state index contributed by atoms with van der Waals surface area (Å²) in [5.41, 5.74) is -0.0844. The van der Waals surface area contributed by atoms with Crippen LogP contribution in [0.15, 0.2) is 41.8 Å². The molecule has 2 amide bonds. The number of esters is 2. The van der Waals surface area contributed by atoms with Crippen LogP contribution in [0, 0.1) is 12.3 Å². The monoisotopic (exact) mass is 470 g/mol. The molecule has 1 N–H and O–H groups in total. The van der Waals surface area contributed by atoms with Crippen molar-refractivity contribution in [3.8, 4) is 12.3 Å². The van der Waals surface area contributed by atoms with Crippen LogP contribution in [0.5, 0.6) is 0 Å². The van der Waals surface area contributed by atoms with Crippen LogP contribution < -0.4 is 10.2 Å². The summed E-state index contributed by atoms with van der Waals surface area (Å²) in [4.78, 5) is 51.5. The van der Waals surface area contributed by atoms with E-state index in [-0.39, 0.29) is 18.7 Å². The third kappa shape index (κ3) is 7.19. The van der Waals surface area contributed by atoms with Crippen LogP contribution in [0.3, 0.4) is 0 Å². The first-order chi connectivity index (χ1) is 15.6. The Balaban J connectivity index is 2.39. The molecule has 0 fully saturated rings. The second kappa shape index (κ2) is 11.3. The van der Waals surface area contributed by atoms with E-state index in [0.29, 0.717) is 10.6 Å². The first-order valence-electron chi connectivity index (χ1n) is 10.2. The van der Waals surface area contributed by atoms with Gasteiger partial charge in [0.15, 0.2) is 6.04 Å². The summed E-state index contributed by atoms with van der Waals surface area (Å²) in [6.07, 6.45) is 5.39. The van der Waals surface area contributed by atoms with Crippen LogP contribution in [-0.2, 0) is 23.9 Å². The lowest BCUT2D eigenvalue weighted by Crippen LogP contribution is -2.44. The minimum Gasteiger partial charge on any atom is -0.465 e. The van der Waals surface area contributed by atoms with Crippen molar-refractivity contribution < 1.29 is 28.7 Å². The van der Waals surface area contributed by atoms with E-state index in [1.807, 2.05) is 5.92 Å². The van der Waals surface area contributed by atoms with E-state index in [4.69, 9.17) is 15.9 Å². The quantitative estimate of drug-likeness (QED) is 0.470. The van der Waals surface area contributed by atoms with E-state index in [9.17, 15) is 19.2 Å². The fourth-order valence-electron chi connectivity index (χ4n) is 2.84. The fourth-order valence-corrected chi connectivity index (χ4v) is 3.65. The lowest BCUT2D eigenvalue weighted by Gasteiger charge is -2.29. The van der Waals surface area contributed by atoms with E-state index < -0.39 is 35.4 Å². The molecule has 2 rings (SSSR count). The molecule has 1 atom stereocenters. The summed E-state index contributed by atoms with van der Waals surface area (Å²) in [6, 6.07) is 8.28. The predicted molar refractivity (Wildman–Crippen MR) is 125 cm³/mol. The molecule has 33 heavy (non-hydrogen) atoms. The number of ether oxygens (including phenoxy) is 2. The van der Waals surface area contributed by atoms with Gasteiger partial charge in [-0.3, -0.25) is 19.3 Å². The summed E-state index contributed by atoms with van der Waals surface area (Å²) in [5, 5.41) is 4.25. The number of rotatable bonds is 8. The Kier molecular flexibility index (Phi) is 8.77. The Bertz CT molecular complexity index is 1030. The van der Waals surface area contributed by atoms with Gasteiger partial charge in [-0.05, 0) is 69.3 Å².